The van der Waals surface area contributed by atoms with E-state index in [1.165, 1.54) is 14.1 Å². The fourth-order valence-electron chi connectivity index (χ4n) is 1.93. The number of amides is 1. The molecule has 0 radical (unpaired) electrons. The van der Waals surface area contributed by atoms with Crippen LogP contribution in [0.3, 0.4) is 0 Å². The van der Waals surface area contributed by atoms with Crippen LogP contribution in [0.25, 0.3) is 0 Å². The van der Waals surface area contributed by atoms with Crippen molar-refractivity contribution < 1.29 is 4.79 Å². The van der Waals surface area contributed by atoms with E-state index >= 15 is 0 Å². The average molecular weight is 350 g/mol. The highest BCUT2D eigenvalue weighted by molar-refractivity contribution is 5.86. The van der Waals surface area contributed by atoms with Gasteiger partial charge in [-0.2, -0.15) is 0 Å². The lowest BCUT2D eigenvalue weighted by Gasteiger charge is -2.16. The predicted molar refractivity (Wildman–Crippen MR) is 114 cm³/mol. The number of nitrogens with one attached hydrogen (secondary N) is 1. The number of carbonyl (C=O) groups is 1. The van der Waals surface area contributed by atoms with Crippen LogP contribution in [0, 0.1) is 0 Å². The summed E-state index contributed by atoms with van der Waals surface area (Å²) in [7, 11) is 4.67. The molecule has 0 spiro atoms. The Kier molecular flexibility index (Phi) is 26.8. The van der Waals surface area contributed by atoms with Gasteiger partial charge in [0.1, 0.15) is 0 Å². The number of rotatable bonds is 3. The summed E-state index contributed by atoms with van der Waals surface area (Å²) >= 11 is 0. The molecule has 25 heavy (non-hydrogen) atoms. The van der Waals surface area contributed by atoms with Gasteiger partial charge in [0.2, 0.25) is 5.91 Å². The largest absolute Gasteiger partial charge is 0.358 e. The van der Waals surface area contributed by atoms with E-state index in [0.717, 1.165) is 11.1 Å². The van der Waals surface area contributed by atoms with Gasteiger partial charge in [-0.05, 0) is 25.2 Å². The van der Waals surface area contributed by atoms with Crippen LogP contribution >= 0.6 is 0 Å². The van der Waals surface area contributed by atoms with Gasteiger partial charge >= 0.3 is 0 Å². The molecule has 0 aliphatic carbocycles. The third kappa shape index (κ3) is 11.1. The number of benzene rings is 2. The highest BCUT2D eigenvalue weighted by Gasteiger charge is 2.20. The zero-order valence-electron chi connectivity index (χ0n) is 14.9. The van der Waals surface area contributed by atoms with Crippen molar-refractivity contribution in [1.82, 2.24) is 5.32 Å². The maximum Gasteiger partial charge on any atom is 0.231 e. The lowest BCUT2D eigenvalue weighted by atomic mass is 9.90. The monoisotopic (exact) mass is 349 g/mol. The second kappa shape index (κ2) is 21.8. The predicted octanol–water partition coefficient (Wildman–Crippen LogP) is 4.01. The van der Waals surface area contributed by atoms with Crippen molar-refractivity contribution in [3.05, 3.63) is 71.8 Å². The Morgan fingerprint density at radius 3 is 1.28 bits per heavy atom. The van der Waals surface area contributed by atoms with Crippen LogP contribution in [0.2, 0.25) is 0 Å². The molecular formula is C21H39N3O. The summed E-state index contributed by atoms with van der Waals surface area (Å²) in [5.41, 5.74) is 11.0. The summed E-state index contributed by atoms with van der Waals surface area (Å²) in [6, 6.07) is 19.6. The molecule has 0 heterocycles. The molecule has 0 aliphatic rings. The quantitative estimate of drug-likeness (QED) is 0.783. The second-order valence-corrected chi connectivity index (χ2v) is 3.87. The fraction of sp³-hybridized carbons (Fsp3) is 0.381. The molecule has 0 unspecified atom stereocenters. The fourth-order valence-corrected chi connectivity index (χ4v) is 1.93. The van der Waals surface area contributed by atoms with Crippen LogP contribution in [-0.2, 0) is 4.79 Å². The van der Waals surface area contributed by atoms with E-state index in [1.807, 2.05) is 74.5 Å². The van der Waals surface area contributed by atoms with E-state index in [2.05, 4.69) is 16.8 Å². The number of carbonyl (C=O) groups excluding carboxylic acids is 1. The first-order valence-electron chi connectivity index (χ1n) is 7.80. The standard InChI is InChI=1S/C15H15NO.C2H6.2CH5N.2CH4/c1-16-15(17)14(12-8-4-2-5-9-12)13-10-6-3-7-11-13;3*1-2;;/h2-11,14H,1H3,(H,16,17);1-2H3;2*2H2,1H3;2*1H4. The van der Waals surface area contributed by atoms with Crippen molar-refractivity contribution >= 4 is 5.91 Å². The lowest BCUT2D eigenvalue weighted by molar-refractivity contribution is -0.121. The molecule has 0 atom stereocenters. The van der Waals surface area contributed by atoms with Crippen molar-refractivity contribution in [2.45, 2.75) is 34.6 Å². The van der Waals surface area contributed by atoms with Crippen LogP contribution in [0.15, 0.2) is 60.7 Å². The first-order valence-corrected chi connectivity index (χ1v) is 7.80. The van der Waals surface area contributed by atoms with Crippen molar-refractivity contribution in [3.8, 4) is 0 Å². The summed E-state index contributed by atoms with van der Waals surface area (Å²) in [4.78, 5) is 12.0. The van der Waals surface area contributed by atoms with Gasteiger partial charge in [0.25, 0.3) is 0 Å². The van der Waals surface area contributed by atoms with Gasteiger partial charge in [0.05, 0.1) is 5.92 Å². The molecule has 0 saturated heterocycles. The third-order valence-corrected chi connectivity index (χ3v) is 2.77. The number of hydrogen-bond acceptors (Lipinski definition) is 3. The summed E-state index contributed by atoms with van der Waals surface area (Å²) < 4.78 is 0. The van der Waals surface area contributed by atoms with Gasteiger partial charge in [-0.25, -0.2) is 0 Å². The van der Waals surface area contributed by atoms with Crippen molar-refractivity contribution in [3.63, 3.8) is 0 Å². The van der Waals surface area contributed by atoms with Gasteiger partial charge in [0, 0.05) is 7.05 Å². The number of hydrogen-bond donors (Lipinski definition) is 3. The normalized spacial score (nSPS) is 7.68. The molecule has 2 aromatic carbocycles. The minimum atomic E-state index is -0.234. The van der Waals surface area contributed by atoms with Crippen molar-refractivity contribution in [2.75, 3.05) is 21.1 Å². The molecule has 0 fully saturated rings. The second-order valence-electron chi connectivity index (χ2n) is 3.87. The van der Waals surface area contributed by atoms with Gasteiger partial charge in [-0.1, -0.05) is 89.4 Å². The van der Waals surface area contributed by atoms with Crippen LogP contribution in [0.1, 0.15) is 45.7 Å². The summed E-state index contributed by atoms with van der Waals surface area (Å²) in [5.74, 6) is -0.218. The van der Waals surface area contributed by atoms with Gasteiger partial charge in [-0.15, -0.1) is 0 Å². The molecule has 5 N–H and O–H groups in total. The molecule has 2 rings (SSSR count). The molecule has 0 aliphatic heterocycles. The van der Waals surface area contributed by atoms with Gasteiger partial charge in [-0.3, -0.25) is 4.79 Å². The van der Waals surface area contributed by atoms with Crippen molar-refractivity contribution in [1.29, 1.82) is 0 Å². The first-order chi connectivity index (χ1) is 11.3. The zero-order valence-corrected chi connectivity index (χ0v) is 14.9. The van der Waals surface area contributed by atoms with Crippen molar-refractivity contribution in [2.24, 2.45) is 11.5 Å². The van der Waals surface area contributed by atoms with E-state index < -0.39 is 0 Å². The number of likely N-dealkylation sites (N-methyl/N-ethyl adjacent to an activating group) is 1. The summed E-state index contributed by atoms with van der Waals surface area (Å²) in [5, 5.41) is 2.72. The molecule has 4 nitrogen and oxygen atoms in total. The molecule has 4 heteroatoms. The smallest absolute Gasteiger partial charge is 0.231 e. The minimum Gasteiger partial charge on any atom is -0.358 e. The molecule has 0 saturated carbocycles. The minimum absolute atomic E-state index is 0. The van der Waals surface area contributed by atoms with E-state index in [1.54, 1.807) is 7.05 Å². The number of nitrogens with two attached hydrogens (primary N) is 2. The topological polar surface area (TPSA) is 81.1 Å². The Hall–Kier alpha value is -2.17. The Morgan fingerprint density at radius 2 is 1.04 bits per heavy atom. The van der Waals surface area contributed by atoms with E-state index in [9.17, 15) is 4.79 Å². The highest BCUT2D eigenvalue weighted by atomic mass is 16.1. The summed E-state index contributed by atoms with van der Waals surface area (Å²) in [6.07, 6.45) is 0. The van der Waals surface area contributed by atoms with Crippen LogP contribution in [0.5, 0.6) is 0 Å². The Bertz CT molecular complexity index is 448. The Morgan fingerprint density at radius 1 is 0.760 bits per heavy atom. The van der Waals surface area contributed by atoms with Crippen LogP contribution in [-0.4, -0.2) is 27.1 Å². The molecular weight excluding hydrogens is 310 g/mol. The molecule has 2 aromatic rings. The highest BCUT2D eigenvalue weighted by Crippen LogP contribution is 2.24. The van der Waals surface area contributed by atoms with E-state index in [-0.39, 0.29) is 26.7 Å². The maximum absolute atomic E-state index is 12.0. The molecule has 0 bridgehead atoms. The van der Waals surface area contributed by atoms with E-state index in [0.29, 0.717) is 0 Å². The molecule has 0 aromatic heterocycles. The van der Waals surface area contributed by atoms with Crippen LogP contribution < -0.4 is 16.8 Å². The van der Waals surface area contributed by atoms with Gasteiger partial charge in [0.15, 0.2) is 0 Å². The Labute approximate surface area is 155 Å². The van der Waals surface area contributed by atoms with Crippen LogP contribution in [0.4, 0.5) is 0 Å². The third-order valence-electron chi connectivity index (χ3n) is 2.77. The average Bonchev–Trinajstić information content (AvgIpc) is 2.68. The van der Waals surface area contributed by atoms with Gasteiger partial charge < -0.3 is 16.8 Å². The lowest BCUT2D eigenvalue weighted by Crippen LogP contribution is -2.26. The molecule has 1 amide bonds. The molecule has 144 valence electrons. The van der Waals surface area contributed by atoms with E-state index in [4.69, 9.17) is 0 Å². The Balaban J connectivity index is -0.000000250. The maximum atomic E-state index is 12.0. The zero-order chi connectivity index (χ0) is 18.1. The SMILES string of the molecule is C.C.CC.CN.CN.CNC(=O)C(c1ccccc1)c1ccccc1. The summed E-state index contributed by atoms with van der Waals surface area (Å²) in [6.45, 7) is 4.00. The first kappa shape index (κ1) is 30.7.